The standard InChI is InChI=1S/C23H22F2N4O2/c24-18-2-1-3-19(25)20(18)21(30)28-11-8-23(9-12-28)10-13-29(15-23)22(31)27-17-6-4-16(14-26)5-7-17/h1-7H,8-13,15H2,(H,27,31). The maximum absolute atomic E-state index is 14.0. The Balaban J connectivity index is 1.34. The van der Waals surface area contributed by atoms with Gasteiger partial charge >= 0.3 is 6.03 Å². The molecule has 31 heavy (non-hydrogen) atoms. The van der Waals surface area contributed by atoms with Crippen molar-refractivity contribution in [3.05, 3.63) is 65.2 Å². The minimum atomic E-state index is -0.850. The zero-order chi connectivity index (χ0) is 22.0. The molecule has 2 heterocycles. The van der Waals surface area contributed by atoms with Gasteiger partial charge in [-0.25, -0.2) is 13.6 Å². The Labute approximate surface area is 179 Å². The van der Waals surface area contributed by atoms with Crippen molar-refractivity contribution in [2.75, 3.05) is 31.5 Å². The second-order valence-electron chi connectivity index (χ2n) is 8.18. The van der Waals surface area contributed by atoms with Crippen LogP contribution in [-0.4, -0.2) is 47.9 Å². The maximum atomic E-state index is 14.0. The Hall–Kier alpha value is -3.47. The van der Waals surface area contributed by atoms with Gasteiger partial charge in [-0.3, -0.25) is 4.79 Å². The Morgan fingerprint density at radius 1 is 0.935 bits per heavy atom. The summed E-state index contributed by atoms with van der Waals surface area (Å²) in [5.41, 5.74) is 0.548. The van der Waals surface area contributed by atoms with Gasteiger partial charge in [-0.2, -0.15) is 5.26 Å². The van der Waals surface area contributed by atoms with Crippen molar-refractivity contribution in [3.63, 3.8) is 0 Å². The smallest absolute Gasteiger partial charge is 0.321 e. The summed E-state index contributed by atoms with van der Waals surface area (Å²) in [4.78, 5) is 28.5. The van der Waals surface area contributed by atoms with Gasteiger partial charge in [0.1, 0.15) is 17.2 Å². The molecular weight excluding hydrogens is 402 g/mol. The summed E-state index contributed by atoms with van der Waals surface area (Å²) in [5.74, 6) is -2.33. The number of anilines is 1. The summed E-state index contributed by atoms with van der Waals surface area (Å²) in [5, 5.41) is 11.7. The molecule has 0 saturated carbocycles. The number of nitrogens with zero attached hydrogens (tertiary/aromatic N) is 3. The summed E-state index contributed by atoms with van der Waals surface area (Å²) >= 11 is 0. The SMILES string of the molecule is N#Cc1ccc(NC(=O)N2CCC3(CCN(C(=O)c4c(F)cccc4F)CC3)C2)cc1. The van der Waals surface area contributed by atoms with E-state index in [4.69, 9.17) is 5.26 Å². The molecule has 160 valence electrons. The molecule has 0 aromatic heterocycles. The zero-order valence-electron chi connectivity index (χ0n) is 16.9. The van der Waals surface area contributed by atoms with Gasteiger partial charge in [0.25, 0.3) is 5.91 Å². The molecule has 3 amide bonds. The van der Waals surface area contributed by atoms with E-state index < -0.39 is 23.1 Å². The summed E-state index contributed by atoms with van der Waals surface area (Å²) in [6.07, 6.45) is 2.18. The van der Waals surface area contributed by atoms with Gasteiger partial charge in [-0.05, 0) is 61.1 Å². The number of hydrogen-bond acceptors (Lipinski definition) is 3. The van der Waals surface area contributed by atoms with Crippen molar-refractivity contribution in [2.24, 2.45) is 5.41 Å². The fourth-order valence-electron chi connectivity index (χ4n) is 4.39. The number of benzene rings is 2. The molecule has 2 aliphatic rings. The molecule has 8 heteroatoms. The van der Waals surface area contributed by atoms with Crippen LogP contribution in [0.15, 0.2) is 42.5 Å². The molecule has 2 aromatic carbocycles. The molecule has 2 aliphatic heterocycles. The Kier molecular flexibility index (Phi) is 5.59. The first-order valence-corrected chi connectivity index (χ1v) is 10.2. The number of halogens is 2. The van der Waals surface area contributed by atoms with Crippen LogP contribution in [0.4, 0.5) is 19.3 Å². The molecule has 0 bridgehead atoms. The van der Waals surface area contributed by atoms with Crippen molar-refractivity contribution in [1.82, 2.24) is 9.80 Å². The summed E-state index contributed by atoms with van der Waals surface area (Å²) in [6.45, 7) is 1.98. The highest BCUT2D eigenvalue weighted by molar-refractivity contribution is 5.95. The lowest BCUT2D eigenvalue weighted by molar-refractivity contribution is 0.0585. The first-order valence-electron chi connectivity index (χ1n) is 10.2. The summed E-state index contributed by atoms with van der Waals surface area (Å²) in [6, 6.07) is 11.9. The zero-order valence-corrected chi connectivity index (χ0v) is 16.9. The van der Waals surface area contributed by atoms with Gasteiger partial charge in [-0.15, -0.1) is 0 Å². The molecule has 1 spiro atoms. The van der Waals surface area contributed by atoms with E-state index >= 15 is 0 Å². The van der Waals surface area contributed by atoms with Crippen molar-refractivity contribution >= 4 is 17.6 Å². The molecule has 2 fully saturated rings. The average molecular weight is 424 g/mol. The van der Waals surface area contributed by atoms with Crippen LogP contribution in [0.5, 0.6) is 0 Å². The van der Waals surface area contributed by atoms with Gasteiger partial charge in [0.05, 0.1) is 11.6 Å². The van der Waals surface area contributed by atoms with Crippen LogP contribution in [-0.2, 0) is 0 Å². The van der Waals surface area contributed by atoms with Crippen LogP contribution < -0.4 is 5.32 Å². The van der Waals surface area contributed by atoms with Crippen LogP contribution in [0.2, 0.25) is 0 Å². The van der Waals surface area contributed by atoms with Crippen LogP contribution >= 0.6 is 0 Å². The molecule has 0 aliphatic carbocycles. The van der Waals surface area contributed by atoms with E-state index in [2.05, 4.69) is 5.32 Å². The number of nitriles is 1. The number of amides is 3. The quantitative estimate of drug-likeness (QED) is 0.792. The molecule has 0 unspecified atom stereocenters. The van der Waals surface area contributed by atoms with E-state index in [1.807, 2.05) is 6.07 Å². The Bertz CT molecular complexity index is 1020. The van der Waals surface area contributed by atoms with Crippen LogP contribution in [0.1, 0.15) is 35.2 Å². The highest BCUT2D eigenvalue weighted by atomic mass is 19.1. The number of rotatable bonds is 2. The number of urea groups is 1. The second-order valence-corrected chi connectivity index (χ2v) is 8.18. The van der Waals surface area contributed by atoms with Crippen LogP contribution in [0.3, 0.4) is 0 Å². The van der Waals surface area contributed by atoms with E-state index in [0.717, 1.165) is 18.6 Å². The molecule has 2 aromatic rings. The third-order valence-electron chi connectivity index (χ3n) is 6.28. The molecule has 0 radical (unpaired) electrons. The van der Waals surface area contributed by atoms with Gasteiger partial charge in [0, 0.05) is 31.9 Å². The fourth-order valence-corrected chi connectivity index (χ4v) is 4.39. The highest BCUT2D eigenvalue weighted by Gasteiger charge is 2.43. The molecule has 2 saturated heterocycles. The van der Waals surface area contributed by atoms with Gasteiger partial charge < -0.3 is 15.1 Å². The van der Waals surface area contributed by atoms with Gasteiger partial charge in [0.15, 0.2) is 0 Å². The lowest BCUT2D eigenvalue weighted by Crippen LogP contribution is -2.45. The number of piperidine rings is 1. The summed E-state index contributed by atoms with van der Waals surface area (Å²) in [7, 11) is 0. The molecular formula is C23H22F2N4O2. The minimum absolute atomic E-state index is 0.0907. The number of nitrogens with one attached hydrogen (secondary N) is 1. The predicted molar refractivity (Wildman–Crippen MR) is 110 cm³/mol. The van der Waals surface area contributed by atoms with Crippen LogP contribution in [0.25, 0.3) is 0 Å². The number of hydrogen-bond donors (Lipinski definition) is 1. The second kappa shape index (κ2) is 8.34. The Morgan fingerprint density at radius 3 is 2.10 bits per heavy atom. The average Bonchev–Trinajstić information content (AvgIpc) is 3.18. The minimum Gasteiger partial charge on any atom is -0.338 e. The van der Waals surface area contributed by atoms with E-state index in [-0.39, 0.29) is 11.4 Å². The molecule has 4 rings (SSSR count). The Morgan fingerprint density at radius 2 is 1.52 bits per heavy atom. The largest absolute Gasteiger partial charge is 0.338 e. The normalized spacial score (nSPS) is 17.5. The van der Waals surface area contributed by atoms with Crippen molar-refractivity contribution in [3.8, 4) is 6.07 Å². The maximum Gasteiger partial charge on any atom is 0.321 e. The van der Waals surface area contributed by atoms with E-state index in [1.54, 1.807) is 29.2 Å². The first-order chi connectivity index (χ1) is 14.9. The number of carbonyl (C=O) groups excluding carboxylic acids is 2. The number of carbonyl (C=O) groups is 2. The molecule has 1 N–H and O–H groups in total. The van der Waals surface area contributed by atoms with Crippen molar-refractivity contribution in [1.29, 1.82) is 5.26 Å². The highest BCUT2D eigenvalue weighted by Crippen LogP contribution is 2.41. The monoisotopic (exact) mass is 424 g/mol. The topological polar surface area (TPSA) is 76.4 Å². The van der Waals surface area contributed by atoms with Crippen molar-refractivity contribution in [2.45, 2.75) is 19.3 Å². The lowest BCUT2D eigenvalue weighted by atomic mass is 9.77. The summed E-state index contributed by atoms with van der Waals surface area (Å²) < 4.78 is 27.9. The third-order valence-corrected chi connectivity index (χ3v) is 6.28. The lowest BCUT2D eigenvalue weighted by Gasteiger charge is -2.39. The first kappa shape index (κ1) is 20.8. The molecule has 6 nitrogen and oxygen atoms in total. The third kappa shape index (κ3) is 4.22. The van der Waals surface area contributed by atoms with E-state index in [0.29, 0.717) is 50.3 Å². The van der Waals surface area contributed by atoms with E-state index in [1.165, 1.54) is 11.0 Å². The van der Waals surface area contributed by atoms with Crippen molar-refractivity contribution < 1.29 is 18.4 Å². The predicted octanol–water partition coefficient (Wildman–Crippen LogP) is 4.00. The fraction of sp³-hybridized carbons (Fsp3) is 0.348. The number of likely N-dealkylation sites (tertiary alicyclic amines) is 2. The van der Waals surface area contributed by atoms with Gasteiger partial charge in [0.2, 0.25) is 0 Å². The van der Waals surface area contributed by atoms with E-state index in [9.17, 15) is 18.4 Å². The van der Waals surface area contributed by atoms with Crippen LogP contribution in [0, 0.1) is 28.4 Å². The molecule has 0 atom stereocenters. The van der Waals surface area contributed by atoms with Gasteiger partial charge in [-0.1, -0.05) is 6.07 Å².